The van der Waals surface area contributed by atoms with E-state index in [0.29, 0.717) is 28.3 Å². The molecule has 4 rings (SSSR count). The third kappa shape index (κ3) is 5.25. The van der Waals surface area contributed by atoms with Crippen LogP contribution in [0.25, 0.3) is 11.1 Å². The number of halogens is 4. The number of rotatable bonds is 8. The summed E-state index contributed by atoms with van der Waals surface area (Å²) in [6.45, 7) is 1.97. The first-order valence-corrected chi connectivity index (χ1v) is 13.4. The summed E-state index contributed by atoms with van der Waals surface area (Å²) < 4.78 is 66.5. The van der Waals surface area contributed by atoms with Crippen LogP contribution in [0.4, 0.5) is 13.2 Å². The zero-order valence-electron chi connectivity index (χ0n) is 18.6. The van der Waals surface area contributed by atoms with Crippen LogP contribution in [0.3, 0.4) is 0 Å². The molecular formula is C24H22ClF3N2O3S2. The Balaban J connectivity index is 1.48. The van der Waals surface area contributed by atoms with E-state index in [9.17, 15) is 26.4 Å². The van der Waals surface area contributed by atoms with E-state index in [2.05, 4.69) is 5.32 Å². The average Bonchev–Trinajstić information content (AvgIpc) is 3.49. The Hall–Kier alpha value is -2.40. The van der Waals surface area contributed by atoms with Crippen LogP contribution in [0.2, 0.25) is 4.34 Å². The third-order valence-electron chi connectivity index (χ3n) is 5.93. The molecule has 3 aromatic rings. The van der Waals surface area contributed by atoms with Gasteiger partial charge in [-0.2, -0.15) is 17.5 Å². The van der Waals surface area contributed by atoms with Crippen molar-refractivity contribution >= 4 is 38.9 Å². The second kappa shape index (κ2) is 9.57. The molecule has 1 aliphatic rings. The summed E-state index contributed by atoms with van der Waals surface area (Å²) in [6, 6.07) is 14.9. The van der Waals surface area contributed by atoms with Crippen LogP contribution >= 0.6 is 22.9 Å². The van der Waals surface area contributed by atoms with Crippen LogP contribution in [-0.2, 0) is 27.5 Å². The smallest absolute Gasteiger partial charge is 0.350 e. The average molecular weight is 543 g/mol. The second-order valence-electron chi connectivity index (χ2n) is 8.22. The number of carbonyl (C=O) groups is 1. The van der Waals surface area contributed by atoms with Gasteiger partial charge in [-0.05, 0) is 59.9 Å². The van der Waals surface area contributed by atoms with E-state index >= 15 is 0 Å². The number of alkyl halides is 3. The molecule has 11 heteroatoms. The number of hydrogen-bond acceptors (Lipinski definition) is 4. The van der Waals surface area contributed by atoms with Gasteiger partial charge in [-0.3, -0.25) is 4.79 Å². The molecule has 0 unspecified atom stereocenters. The summed E-state index contributed by atoms with van der Waals surface area (Å²) in [5, 5.41) is 2.84. The van der Waals surface area contributed by atoms with E-state index in [0.717, 1.165) is 29.0 Å². The van der Waals surface area contributed by atoms with Gasteiger partial charge in [0.25, 0.3) is 10.0 Å². The zero-order valence-corrected chi connectivity index (χ0v) is 21.0. The fraction of sp³-hybridized carbons (Fsp3) is 0.292. The minimum absolute atomic E-state index is 0.0904. The molecule has 0 atom stereocenters. The molecule has 1 amide bonds. The molecule has 0 saturated heterocycles. The van der Waals surface area contributed by atoms with Gasteiger partial charge < -0.3 is 5.32 Å². The number of carbonyl (C=O) groups excluding carboxylic acids is 1. The Bertz CT molecular complexity index is 1330. The summed E-state index contributed by atoms with van der Waals surface area (Å²) in [5.41, 5.74) is 0.193. The van der Waals surface area contributed by atoms with Crippen molar-refractivity contribution in [3.8, 4) is 11.1 Å². The van der Waals surface area contributed by atoms with Gasteiger partial charge in [0.2, 0.25) is 5.91 Å². The quantitative estimate of drug-likeness (QED) is 0.383. The maximum Gasteiger partial charge on any atom is 0.416 e. The summed E-state index contributed by atoms with van der Waals surface area (Å²) >= 11 is 6.86. The Kier molecular flexibility index (Phi) is 7.02. The number of thiophene rings is 1. The lowest BCUT2D eigenvalue weighted by Gasteiger charge is -2.28. The van der Waals surface area contributed by atoms with Gasteiger partial charge >= 0.3 is 6.18 Å². The first kappa shape index (κ1) is 25.7. The number of nitrogens with zero attached hydrogens (tertiary/aromatic N) is 1. The van der Waals surface area contributed by atoms with Gasteiger partial charge in [0.15, 0.2) is 0 Å². The van der Waals surface area contributed by atoms with Gasteiger partial charge in [-0.1, -0.05) is 48.9 Å². The molecular weight excluding hydrogens is 521 g/mol. The van der Waals surface area contributed by atoms with Crippen LogP contribution in [0.5, 0.6) is 0 Å². The van der Waals surface area contributed by atoms with Gasteiger partial charge in [-0.15, -0.1) is 11.3 Å². The SMILES string of the molecule is CCN(C1(C(=O)NCc2cccc(-c3ccc(C(F)(F)F)cc3)c2)CC1)S(=O)(=O)c1ccc(Cl)s1. The molecule has 1 aromatic heterocycles. The third-order valence-corrected chi connectivity index (χ3v) is 9.67. The van der Waals surface area contributed by atoms with Crippen molar-refractivity contribution in [2.75, 3.05) is 6.54 Å². The molecule has 0 spiro atoms. The molecule has 1 N–H and O–H groups in total. The monoisotopic (exact) mass is 542 g/mol. The van der Waals surface area contributed by atoms with Crippen LogP contribution < -0.4 is 5.32 Å². The van der Waals surface area contributed by atoms with E-state index in [1.54, 1.807) is 31.2 Å². The number of nitrogens with one attached hydrogen (secondary N) is 1. The van der Waals surface area contributed by atoms with Crippen molar-refractivity contribution in [1.29, 1.82) is 0 Å². The fourth-order valence-electron chi connectivity index (χ4n) is 4.02. The Labute approximate surface area is 210 Å². The molecule has 2 aromatic carbocycles. The van der Waals surface area contributed by atoms with Crippen molar-refractivity contribution < 1.29 is 26.4 Å². The van der Waals surface area contributed by atoms with Crippen molar-refractivity contribution in [1.82, 2.24) is 9.62 Å². The van der Waals surface area contributed by atoms with Gasteiger partial charge in [-0.25, -0.2) is 8.42 Å². The highest BCUT2D eigenvalue weighted by atomic mass is 35.5. The highest BCUT2D eigenvalue weighted by Crippen LogP contribution is 2.45. The largest absolute Gasteiger partial charge is 0.416 e. The lowest BCUT2D eigenvalue weighted by Crippen LogP contribution is -2.51. The molecule has 5 nitrogen and oxygen atoms in total. The number of benzene rings is 2. The Morgan fingerprint density at radius 2 is 1.77 bits per heavy atom. The topological polar surface area (TPSA) is 66.5 Å². The number of amides is 1. The maximum atomic E-state index is 13.2. The van der Waals surface area contributed by atoms with E-state index in [-0.39, 0.29) is 23.2 Å². The van der Waals surface area contributed by atoms with E-state index in [4.69, 9.17) is 11.6 Å². The molecule has 1 fully saturated rings. The molecule has 1 aliphatic carbocycles. The standard InChI is InChI=1S/C24H22ClF3N2O3S2/c1-2-30(35(32,33)21-11-10-20(25)34-21)23(12-13-23)22(31)29-15-16-4-3-5-18(14-16)17-6-8-19(9-7-17)24(26,27)28/h3-11,14H,2,12-13,15H2,1H3,(H,29,31). The number of sulfonamides is 1. The van der Waals surface area contributed by atoms with E-state index < -0.39 is 27.3 Å². The van der Waals surface area contributed by atoms with Crippen LogP contribution in [-0.4, -0.2) is 30.7 Å². The van der Waals surface area contributed by atoms with E-state index in [1.165, 1.54) is 28.6 Å². The molecule has 0 bridgehead atoms. The van der Waals surface area contributed by atoms with Crippen molar-refractivity contribution in [2.24, 2.45) is 0 Å². The van der Waals surface area contributed by atoms with Crippen molar-refractivity contribution in [3.63, 3.8) is 0 Å². The highest BCUT2D eigenvalue weighted by Gasteiger charge is 2.58. The minimum Gasteiger partial charge on any atom is -0.350 e. The van der Waals surface area contributed by atoms with E-state index in [1.807, 2.05) is 0 Å². The molecule has 0 aliphatic heterocycles. The summed E-state index contributed by atoms with van der Waals surface area (Å²) in [5.74, 6) is -0.384. The van der Waals surface area contributed by atoms with Gasteiger partial charge in [0.05, 0.1) is 9.90 Å². The van der Waals surface area contributed by atoms with Crippen molar-refractivity contribution in [3.05, 3.63) is 76.1 Å². The number of hydrogen-bond donors (Lipinski definition) is 1. The molecule has 1 heterocycles. The van der Waals surface area contributed by atoms with Crippen molar-refractivity contribution in [2.45, 2.75) is 42.2 Å². The minimum atomic E-state index is -4.40. The fourth-order valence-corrected chi connectivity index (χ4v) is 7.41. The molecule has 1 saturated carbocycles. The summed E-state index contributed by atoms with van der Waals surface area (Å²) in [6.07, 6.45) is -3.58. The lowest BCUT2D eigenvalue weighted by atomic mass is 10.0. The number of likely N-dealkylation sites (N-methyl/N-ethyl adjacent to an activating group) is 1. The molecule has 186 valence electrons. The van der Waals surface area contributed by atoms with Crippen LogP contribution in [0.1, 0.15) is 30.9 Å². The second-order valence-corrected chi connectivity index (χ2v) is 12.0. The van der Waals surface area contributed by atoms with Gasteiger partial charge in [0, 0.05) is 13.1 Å². The Morgan fingerprint density at radius 1 is 1.09 bits per heavy atom. The van der Waals surface area contributed by atoms with Crippen LogP contribution in [0.15, 0.2) is 64.9 Å². The first-order chi connectivity index (χ1) is 16.5. The molecule has 35 heavy (non-hydrogen) atoms. The predicted octanol–water partition coefficient (Wildman–Crippen LogP) is 5.95. The van der Waals surface area contributed by atoms with Crippen LogP contribution in [0, 0.1) is 0 Å². The first-order valence-electron chi connectivity index (χ1n) is 10.8. The highest BCUT2D eigenvalue weighted by molar-refractivity contribution is 7.91. The van der Waals surface area contributed by atoms with Gasteiger partial charge in [0.1, 0.15) is 9.75 Å². The lowest BCUT2D eigenvalue weighted by molar-refractivity contribution is -0.137. The predicted molar refractivity (Wildman–Crippen MR) is 130 cm³/mol. The maximum absolute atomic E-state index is 13.2. The summed E-state index contributed by atoms with van der Waals surface area (Å²) in [7, 11) is -3.88. The summed E-state index contributed by atoms with van der Waals surface area (Å²) in [4.78, 5) is 13.1. The molecule has 0 radical (unpaired) electrons. The Morgan fingerprint density at radius 3 is 2.31 bits per heavy atom. The zero-order chi connectivity index (χ0) is 25.4. The normalized spacial score (nSPS) is 15.3.